The molecule has 0 atom stereocenters. The lowest BCUT2D eigenvalue weighted by Crippen LogP contribution is -2.29. The van der Waals surface area contributed by atoms with Gasteiger partial charge in [0, 0.05) is 37.0 Å². The van der Waals surface area contributed by atoms with E-state index in [2.05, 4.69) is 9.98 Å². The highest BCUT2D eigenvalue weighted by atomic mass is 33.1. The summed E-state index contributed by atoms with van der Waals surface area (Å²) < 4.78 is 0. The van der Waals surface area contributed by atoms with Crippen LogP contribution in [-0.2, 0) is 0 Å². The summed E-state index contributed by atoms with van der Waals surface area (Å²) in [6.07, 6.45) is 3.47. The van der Waals surface area contributed by atoms with Gasteiger partial charge in [0.05, 0.1) is 0 Å². The maximum absolute atomic E-state index is 9.15. The second-order valence-electron chi connectivity index (χ2n) is 5.80. The van der Waals surface area contributed by atoms with Gasteiger partial charge in [-0.05, 0) is 22.1 Å². The minimum atomic E-state index is -1.46. The molecular weight excluding hydrogens is 394 g/mol. The van der Waals surface area contributed by atoms with Crippen molar-refractivity contribution in [1.29, 1.82) is 0 Å². The normalized spacial score (nSPS) is 11.4. The molecule has 0 heterocycles. The second kappa shape index (κ2) is 12.8. The predicted molar refractivity (Wildman–Crippen MR) is 122 cm³/mol. The Kier molecular flexibility index (Phi) is 10.4. The Balaban J connectivity index is 1.58. The van der Waals surface area contributed by atoms with Gasteiger partial charge in [0.1, 0.15) is 0 Å². The SMILES string of the molecule is OB(O)c1cccc(/C=N\CCSSCC/N=C/c2cccc(B(O)O)c2)c1. The summed E-state index contributed by atoms with van der Waals surface area (Å²) in [7, 11) is 0.535. The molecule has 28 heavy (non-hydrogen) atoms. The smallest absolute Gasteiger partial charge is 0.423 e. The van der Waals surface area contributed by atoms with E-state index in [1.807, 2.05) is 12.1 Å². The summed E-state index contributed by atoms with van der Waals surface area (Å²) >= 11 is 0. The van der Waals surface area contributed by atoms with Crippen molar-refractivity contribution in [1.82, 2.24) is 0 Å². The fourth-order valence-corrected chi connectivity index (χ4v) is 3.99. The average Bonchev–Trinajstić information content (AvgIpc) is 2.69. The predicted octanol–water partition coefficient (Wildman–Crippen LogP) is -0.0344. The van der Waals surface area contributed by atoms with Crippen LogP contribution < -0.4 is 10.9 Å². The average molecular weight is 416 g/mol. The number of nitrogens with zero attached hydrogens (tertiary/aromatic N) is 2. The van der Waals surface area contributed by atoms with Crippen LogP contribution in [0.5, 0.6) is 0 Å². The summed E-state index contributed by atoms with van der Waals surface area (Å²) in [5.41, 5.74) is 2.59. The zero-order chi connectivity index (χ0) is 20.2. The lowest BCUT2D eigenvalue weighted by atomic mass is 9.80. The molecule has 2 rings (SSSR count). The summed E-state index contributed by atoms with van der Waals surface area (Å²) in [5, 5.41) is 36.6. The second-order valence-corrected chi connectivity index (χ2v) is 8.50. The van der Waals surface area contributed by atoms with Crippen molar-refractivity contribution < 1.29 is 20.1 Å². The van der Waals surface area contributed by atoms with E-state index in [1.165, 1.54) is 0 Å². The summed E-state index contributed by atoms with van der Waals surface area (Å²) in [4.78, 5) is 8.69. The van der Waals surface area contributed by atoms with Crippen LogP contribution in [0.4, 0.5) is 0 Å². The van der Waals surface area contributed by atoms with Crippen LogP contribution in [0.1, 0.15) is 11.1 Å². The number of hydrogen-bond donors (Lipinski definition) is 4. The third-order valence-electron chi connectivity index (χ3n) is 3.59. The highest BCUT2D eigenvalue weighted by Gasteiger charge is 2.10. The van der Waals surface area contributed by atoms with Crippen molar-refractivity contribution in [3.8, 4) is 0 Å². The van der Waals surface area contributed by atoms with Crippen molar-refractivity contribution in [3.63, 3.8) is 0 Å². The first-order chi connectivity index (χ1) is 13.6. The van der Waals surface area contributed by atoms with E-state index >= 15 is 0 Å². The first-order valence-corrected chi connectivity index (χ1v) is 11.2. The van der Waals surface area contributed by atoms with Crippen LogP contribution in [0.15, 0.2) is 58.5 Å². The van der Waals surface area contributed by atoms with E-state index in [0.29, 0.717) is 24.0 Å². The molecule has 4 N–H and O–H groups in total. The van der Waals surface area contributed by atoms with Gasteiger partial charge in [-0.1, -0.05) is 70.1 Å². The Morgan fingerprint density at radius 2 is 1.14 bits per heavy atom. The summed E-state index contributed by atoms with van der Waals surface area (Å²) in [5.74, 6) is 1.76. The Morgan fingerprint density at radius 3 is 1.54 bits per heavy atom. The molecule has 0 aliphatic rings. The molecule has 0 unspecified atom stereocenters. The van der Waals surface area contributed by atoms with Gasteiger partial charge >= 0.3 is 14.2 Å². The molecule has 0 saturated carbocycles. The van der Waals surface area contributed by atoms with E-state index in [9.17, 15) is 0 Å². The van der Waals surface area contributed by atoms with Gasteiger partial charge in [0.25, 0.3) is 0 Å². The molecule has 0 amide bonds. The van der Waals surface area contributed by atoms with Gasteiger partial charge in [-0.25, -0.2) is 0 Å². The van der Waals surface area contributed by atoms with E-state index in [0.717, 1.165) is 22.6 Å². The van der Waals surface area contributed by atoms with Gasteiger partial charge in [-0.2, -0.15) is 0 Å². The van der Waals surface area contributed by atoms with E-state index in [1.54, 1.807) is 70.4 Å². The molecule has 0 radical (unpaired) electrons. The van der Waals surface area contributed by atoms with Crippen molar-refractivity contribution in [2.45, 2.75) is 0 Å². The molecule has 0 aliphatic carbocycles. The molecule has 0 saturated heterocycles. The number of rotatable bonds is 11. The van der Waals surface area contributed by atoms with Gasteiger partial charge < -0.3 is 20.1 Å². The van der Waals surface area contributed by atoms with Gasteiger partial charge in [0.2, 0.25) is 0 Å². The van der Waals surface area contributed by atoms with Crippen LogP contribution in [0.3, 0.4) is 0 Å². The van der Waals surface area contributed by atoms with Crippen molar-refractivity contribution in [2.75, 3.05) is 24.6 Å². The monoisotopic (exact) mass is 416 g/mol. The van der Waals surface area contributed by atoms with Crippen LogP contribution in [0, 0.1) is 0 Å². The zero-order valence-corrected chi connectivity index (χ0v) is 16.9. The molecule has 146 valence electrons. The highest BCUT2D eigenvalue weighted by molar-refractivity contribution is 8.76. The van der Waals surface area contributed by atoms with Gasteiger partial charge in [-0.3, -0.25) is 9.98 Å². The molecule has 2 aromatic rings. The first-order valence-electron chi connectivity index (χ1n) is 8.72. The van der Waals surface area contributed by atoms with E-state index in [4.69, 9.17) is 20.1 Å². The standard InChI is InChI=1S/C18H22B2N2O4S2/c23-19(24)17-5-1-3-15(11-17)13-21-7-9-27-28-10-8-22-14-16-4-2-6-18(12-16)20(25)26/h1-6,11-14,23-26H,7-10H2/b21-13-,22-14+. The fraction of sp³-hybridized carbons (Fsp3) is 0.222. The molecule has 0 bridgehead atoms. The number of hydrogen-bond acceptors (Lipinski definition) is 8. The van der Waals surface area contributed by atoms with Crippen LogP contribution in [0.2, 0.25) is 0 Å². The quantitative estimate of drug-likeness (QED) is 0.178. The first kappa shape index (κ1) is 22.7. The van der Waals surface area contributed by atoms with Crippen molar-refractivity contribution in [2.24, 2.45) is 9.98 Å². The largest absolute Gasteiger partial charge is 0.488 e. The molecule has 6 nitrogen and oxygen atoms in total. The number of aliphatic imine (C=N–C) groups is 2. The maximum atomic E-state index is 9.15. The third kappa shape index (κ3) is 8.64. The maximum Gasteiger partial charge on any atom is 0.488 e. The molecule has 0 aliphatic heterocycles. The molecule has 10 heteroatoms. The van der Waals surface area contributed by atoms with E-state index in [-0.39, 0.29) is 0 Å². The molecule has 2 aromatic carbocycles. The minimum absolute atomic E-state index is 0.453. The lowest BCUT2D eigenvalue weighted by Gasteiger charge is -2.01. The van der Waals surface area contributed by atoms with Gasteiger partial charge in [0.15, 0.2) is 0 Å². The fourth-order valence-electron chi connectivity index (χ4n) is 2.24. The highest BCUT2D eigenvalue weighted by Crippen LogP contribution is 2.20. The Hall–Kier alpha value is -1.55. The third-order valence-corrected chi connectivity index (χ3v) is 5.95. The Labute approximate surface area is 173 Å². The van der Waals surface area contributed by atoms with Gasteiger partial charge in [-0.15, -0.1) is 0 Å². The van der Waals surface area contributed by atoms with Crippen LogP contribution in [0.25, 0.3) is 0 Å². The summed E-state index contributed by atoms with van der Waals surface area (Å²) in [6, 6.07) is 14.0. The van der Waals surface area contributed by atoms with Crippen molar-refractivity contribution >= 4 is 59.2 Å². The zero-order valence-electron chi connectivity index (χ0n) is 15.3. The molecule has 0 aromatic heterocycles. The summed E-state index contributed by atoms with van der Waals surface area (Å²) in [6.45, 7) is 1.37. The number of benzene rings is 2. The van der Waals surface area contributed by atoms with Crippen molar-refractivity contribution in [3.05, 3.63) is 59.7 Å². The molecule has 0 fully saturated rings. The minimum Gasteiger partial charge on any atom is -0.423 e. The van der Waals surface area contributed by atoms with E-state index < -0.39 is 14.2 Å². The molecular formula is C18H22B2N2O4S2. The Bertz CT molecular complexity index is 726. The van der Waals surface area contributed by atoms with Crippen LogP contribution in [-0.4, -0.2) is 71.4 Å². The lowest BCUT2D eigenvalue weighted by molar-refractivity contribution is 0.424. The molecule has 0 spiro atoms. The topological polar surface area (TPSA) is 106 Å². The van der Waals surface area contributed by atoms with Crippen LogP contribution >= 0.6 is 21.6 Å². The Morgan fingerprint density at radius 1 is 0.714 bits per heavy atom.